The molecule has 0 spiro atoms. The number of carbonyl (C=O) groups excluding carboxylic acids is 1. The summed E-state index contributed by atoms with van der Waals surface area (Å²) in [6, 6.07) is 3.50. The van der Waals surface area contributed by atoms with Crippen molar-refractivity contribution in [2.45, 2.75) is 52.1 Å². The Morgan fingerprint density at radius 3 is 2.68 bits per heavy atom. The zero-order chi connectivity index (χ0) is 18.4. The Morgan fingerprint density at radius 1 is 1.40 bits per heavy atom. The number of hydrogen-bond donors (Lipinski definition) is 0. The summed E-state index contributed by atoms with van der Waals surface area (Å²) in [6.45, 7) is 5.54. The molecule has 0 N–H and O–H groups in total. The summed E-state index contributed by atoms with van der Waals surface area (Å²) >= 11 is 0. The van der Waals surface area contributed by atoms with E-state index in [0.717, 1.165) is 37.8 Å². The van der Waals surface area contributed by atoms with E-state index in [-0.39, 0.29) is 17.9 Å². The number of likely N-dealkylation sites (tertiary alicyclic amines) is 1. The average molecular weight is 368 g/mol. The van der Waals surface area contributed by atoms with E-state index in [1.807, 2.05) is 24.8 Å². The zero-order valence-electron chi connectivity index (χ0n) is 15.4. The first-order valence-electron chi connectivity index (χ1n) is 9.01. The van der Waals surface area contributed by atoms with Crippen molar-refractivity contribution in [3.8, 4) is 0 Å². The lowest BCUT2D eigenvalue weighted by atomic mass is 9.98. The highest BCUT2D eigenvalue weighted by molar-refractivity contribution is 7.88. The molecule has 1 unspecified atom stereocenters. The minimum atomic E-state index is -3.38. The molecule has 1 saturated heterocycles. The van der Waals surface area contributed by atoms with Gasteiger partial charge >= 0.3 is 0 Å². The topological polar surface area (TPSA) is 70.6 Å². The van der Waals surface area contributed by atoms with E-state index < -0.39 is 10.0 Å². The van der Waals surface area contributed by atoms with E-state index in [1.165, 1.54) is 10.6 Å². The molecule has 0 aliphatic carbocycles. The fourth-order valence-electron chi connectivity index (χ4n) is 3.47. The fourth-order valence-corrected chi connectivity index (χ4v) is 4.57. The van der Waals surface area contributed by atoms with Crippen LogP contribution in [0.4, 0.5) is 0 Å². The third-order valence-corrected chi connectivity index (χ3v) is 6.22. The van der Waals surface area contributed by atoms with Gasteiger partial charge in [0, 0.05) is 44.0 Å². The SMILES string of the molecule is CCC(CC)C(=O)N1CCCC(N(Cc2cccnc2)S(C)(=O)=O)C1. The maximum absolute atomic E-state index is 12.7. The second-order valence-corrected chi connectivity index (χ2v) is 8.70. The molecular formula is C18H29N3O3S. The highest BCUT2D eigenvalue weighted by Gasteiger charge is 2.33. The number of amides is 1. The Labute approximate surface area is 151 Å². The molecule has 1 aliphatic rings. The van der Waals surface area contributed by atoms with Crippen LogP contribution in [0.1, 0.15) is 45.1 Å². The Morgan fingerprint density at radius 2 is 2.12 bits per heavy atom. The molecule has 1 fully saturated rings. The molecule has 1 atom stereocenters. The first-order chi connectivity index (χ1) is 11.9. The van der Waals surface area contributed by atoms with Crippen molar-refractivity contribution in [2.75, 3.05) is 19.3 Å². The normalized spacial score (nSPS) is 18.8. The van der Waals surface area contributed by atoms with Gasteiger partial charge in [-0.2, -0.15) is 4.31 Å². The van der Waals surface area contributed by atoms with Gasteiger partial charge in [0.25, 0.3) is 0 Å². The minimum Gasteiger partial charge on any atom is -0.341 e. The zero-order valence-corrected chi connectivity index (χ0v) is 16.2. The lowest BCUT2D eigenvalue weighted by molar-refractivity contribution is -0.137. The van der Waals surface area contributed by atoms with E-state index >= 15 is 0 Å². The van der Waals surface area contributed by atoms with Crippen molar-refractivity contribution in [2.24, 2.45) is 5.92 Å². The standard InChI is InChI=1S/C18H29N3O3S/c1-4-16(5-2)18(22)20-11-7-9-17(14-20)21(25(3,23)24)13-15-8-6-10-19-12-15/h6,8,10,12,16-17H,4-5,7,9,11,13-14H2,1-3H3. The number of hydrogen-bond acceptors (Lipinski definition) is 4. The Bertz CT molecular complexity index is 659. The molecule has 0 radical (unpaired) electrons. The molecule has 7 heteroatoms. The van der Waals surface area contributed by atoms with Crippen LogP contribution in [0.5, 0.6) is 0 Å². The van der Waals surface area contributed by atoms with Gasteiger partial charge in [-0.15, -0.1) is 0 Å². The first kappa shape index (κ1) is 19.8. The third-order valence-electron chi connectivity index (χ3n) is 4.94. The molecule has 6 nitrogen and oxygen atoms in total. The predicted octanol–water partition coefficient (Wildman–Crippen LogP) is 2.27. The molecular weight excluding hydrogens is 338 g/mol. The van der Waals surface area contributed by atoms with Crippen LogP contribution in [0.3, 0.4) is 0 Å². The quantitative estimate of drug-likeness (QED) is 0.741. The maximum atomic E-state index is 12.7. The van der Waals surface area contributed by atoms with Crippen molar-refractivity contribution < 1.29 is 13.2 Å². The Kier molecular flexibility index (Phi) is 6.95. The van der Waals surface area contributed by atoms with E-state index in [4.69, 9.17) is 0 Å². The van der Waals surface area contributed by atoms with Gasteiger partial charge in [-0.05, 0) is 37.3 Å². The molecule has 0 saturated carbocycles. The lowest BCUT2D eigenvalue weighted by Crippen LogP contribution is -2.52. The molecule has 2 heterocycles. The van der Waals surface area contributed by atoms with E-state index in [9.17, 15) is 13.2 Å². The van der Waals surface area contributed by atoms with Crippen LogP contribution < -0.4 is 0 Å². The average Bonchev–Trinajstić information content (AvgIpc) is 2.60. The molecule has 140 valence electrons. The van der Waals surface area contributed by atoms with E-state index in [2.05, 4.69) is 4.98 Å². The van der Waals surface area contributed by atoms with Crippen LogP contribution in [0, 0.1) is 5.92 Å². The summed E-state index contributed by atoms with van der Waals surface area (Å²) in [7, 11) is -3.38. The summed E-state index contributed by atoms with van der Waals surface area (Å²) in [6.07, 6.45) is 7.85. The number of rotatable bonds is 7. The van der Waals surface area contributed by atoms with E-state index in [1.54, 1.807) is 18.5 Å². The Hall–Kier alpha value is -1.47. The van der Waals surface area contributed by atoms with Crippen LogP contribution >= 0.6 is 0 Å². The van der Waals surface area contributed by atoms with Crippen LogP contribution in [-0.4, -0.2) is 53.9 Å². The van der Waals surface area contributed by atoms with E-state index in [0.29, 0.717) is 13.1 Å². The van der Waals surface area contributed by atoms with Gasteiger partial charge in [0.2, 0.25) is 15.9 Å². The number of nitrogens with zero attached hydrogens (tertiary/aromatic N) is 3. The van der Waals surface area contributed by atoms with Gasteiger partial charge in [-0.25, -0.2) is 8.42 Å². The Balaban J connectivity index is 2.16. The van der Waals surface area contributed by atoms with Gasteiger partial charge < -0.3 is 4.90 Å². The number of carbonyl (C=O) groups is 1. The number of pyridine rings is 1. The van der Waals surface area contributed by atoms with Gasteiger partial charge in [0.05, 0.1) is 6.26 Å². The molecule has 1 aliphatic heterocycles. The number of sulfonamides is 1. The molecule has 0 aromatic carbocycles. The van der Waals surface area contributed by atoms with Crippen molar-refractivity contribution in [3.05, 3.63) is 30.1 Å². The fraction of sp³-hybridized carbons (Fsp3) is 0.667. The maximum Gasteiger partial charge on any atom is 0.225 e. The predicted molar refractivity (Wildman–Crippen MR) is 98.3 cm³/mol. The monoisotopic (exact) mass is 367 g/mol. The van der Waals surface area contributed by atoms with Crippen LogP contribution in [0.2, 0.25) is 0 Å². The second-order valence-electron chi connectivity index (χ2n) is 6.76. The van der Waals surface area contributed by atoms with Crippen molar-refractivity contribution in [1.29, 1.82) is 0 Å². The molecule has 2 rings (SSSR count). The minimum absolute atomic E-state index is 0.0313. The summed E-state index contributed by atoms with van der Waals surface area (Å²) < 4.78 is 26.2. The summed E-state index contributed by atoms with van der Waals surface area (Å²) in [4.78, 5) is 18.6. The summed E-state index contributed by atoms with van der Waals surface area (Å²) in [5, 5.41) is 0. The lowest BCUT2D eigenvalue weighted by Gasteiger charge is -2.39. The van der Waals surface area contributed by atoms with Crippen LogP contribution in [0.25, 0.3) is 0 Å². The van der Waals surface area contributed by atoms with Crippen LogP contribution in [0.15, 0.2) is 24.5 Å². The van der Waals surface area contributed by atoms with Gasteiger partial charge in [0.15, 0.2) is 0 Å². The van der Waals surface area contributed by atoms with Gasteiger partial charge in [0.1, 0.15) is 0 Å². The van der Waals surface area contributed by atoms with Gasteiger partial charge in [-0.3, -0.25) is 9.78 Å². The van der Waals surface area contributed by atoms with Crippen molar-refractivity contribution in [1.82, 2.24) is 14.2 Å². The van der Waals surface area contributed by atoms with Crippen molar-refractivity contribution >= 4 is 15.9 Å². The van der Waals surface area contributed by atoms with Gasteiger partial charge in [-0.1, -0.05) is 19.9 Å². The molecule has 1 amide bonds. The molecule has 1 aromatic rings. The summed E-state index contributed by atoms with van der Waals surface area (Å²) in [5.41, 5.74) is 0.858. The summed E-state index contributed by atoms with van der Waals surface area (Å²) in [5.74, 6) is 0.188. The third kappa shape index (κ3) is 5.25. The smallest absolute Gasteiger partial charge is 0.225 e. The number of aromatic nitrogens is 1. The molecule has 0 bridgehead atoms. The second kappa shape index (κ2) is 8.76. The van der Waals surface area contributed by atoms with Crippen LogP contribution in [-0.2, 0) is 21.4 Å². The van der Waals surface area contributed by atoms with Crippen molar-refractivity contribution in [3.63, 3.8) is 0 Å². The highest BCUT2D eigenvalue weighted by atomic mass is 32.2. The first-order valence-corrected chi connectivity index (χ1v) is 10.9. The molecule has 1 aromatic heterocycles. The molecule has 25 heavy (non-hydrogen) atoms. The number of piperidine rings is 1. The largest absolute Gasteiger partial charge is 0.341 e. The highest BCUT2D eigenvalue weighted by Crippen LogP contribution is 2.23.